The molecule has 1 fully saturated rings. The Morgan fingerprint density at radius 1 is 1.42 bits per heavy atom. The molecular formula is C16H20N4O3S. The highest BCUT2D eigenvalue weighted by Gasteiger charge is 2.30. The fraction of sp³-hybridized carbons (Fsp3) is 0.375. The SMILES string of the molecule is CCCCN1C(=O)/C(=C/c2ccc(N(C)C)c([N+](=O)[O-])c2)NC1=S. The minimum absolute atomic E-state index is 0.00906. The summed E-state index contributed by atoms with van der Waals surface area (Å²) >= 11 is 5.18. The second kappa shape index (κ2) is 7.39. The zero-order valence-electron chi connectivity index (χ0n) is 13.9. The molecule has 1 aromatic rings. The lowest BCUT2D eigenvalue weighted by Crippen LogP contribution is -2.31. The van der Waals surface area contributed by atoms with Crippen LogP contribution in [0.1, 0.15) is 25.3 Å². The molecule has 2 rings (SSSR count). The average molecular weight is 348 g/mol. The fourth-order valence-electron chi connectivity index (χ4n) is 2.41. The quantitative estimate of drug-likeness (QED) is 0.368. The van der Waals surface area contributed by atoms with Crippen LogP contribution in [0.15, 0.2) is 23.9 Å². The lowest BCUT2D eigenvalue weighted by atomic mass is 10.1. The van der Waals surface area contributed by atoms with Gasteiger partial charge in [-0.2, -0.15) is 0 Å². The Morgan fingerprint density at radius 2 is 2.12 bits per heavy atom. The number of anilines is 1. The molecule has 0 radical (unpaired) electrons. The summed E-state index contributed by atoms with van der Waals surface area (Å²) in [4.78, 5) is 26.4. The number of unbranched alkanes of at least 4 members (excludes halogenated alkanes) is 1. The van der Waals surface area contributed by atoms with E-state index in [1.807, 2.05) is 6.92 Å². The van der Waals surface area contributed by atoms with Gasteiger partial charge in [0.05, 0.1) is 4.92 Å². The van der Waals surface area contributed by atoms with Crippen LogP contribution in [0.25, 0.3) is 6.08 Å². The first kappa shape index (κ1) is 17.9. The third kappa shape index (κ3) is 3.70. The molecule has 0 aliphatic carbocycles. The van der Waals surface area contributed by atoms with Crippen molar-refractivity contribution in [3.05, 3.63) is 39.6 Å². The van der Waals surface area contributed by atoms with Gasteiger partial charge in [-0.1, -0.05) is 19.4 Å². The van der Waals surface area contributed by atoms with Crippen molar-refractivity contribution in [2.75, 3.05) is 25.5 Å². The highest BCUT2D eigenvalue weighted by atomic mass is 32.1. The van der Waals surface area contributed by atoms with E-state index in [9.17, 15) is 14.9 Å². The van der Waals surface area contributed by atoms with Crippen molar-refractivity contribution >= 4 is 40.7 Å². The van der Waals surface area contributed by atoms with Crippen LogP contribution in [0, 0.1) is 10.1 Å². The van der Waals surface area contributed by atoms with Gasteiger partial charge in [-0.3, -0.25) is 19.8 Å². The molecule has 0 spiro atoms. The molecule has 1 saturated heterocycles. The smallest absolute Gasteiger partial charge is 0.293 e. The molecule has 128 valence electrons. The Hall–Kier alpha value is -2.48. The molecule has 1 N–H and O–H groups in total. The van der Waals surface area contributed by atoms with Crippen molar-refractivity contribution in [3.8, 4) is 0 Å². The number of carbonyl (C=O) groups excluding carboxylic acids is 1. The fourth-order valence-corrected chi connectivity index (χ4v) is 2.70. The van der Waals surface area contributed by atoms with Crippen LogP contribution in [-0.2, 0) is 4.79 Å². The first-order valence-electron chi connectivity index (χ1n) is 7.65. The van der Waals surface area contributed by atoms with Crippen LogP contribution in [0.2, 0.25) is 0 Å². The molecule has 0 saturated carbocycles. The van der Waals surface area contributed by atoms with E-state index in [0.717, 1.165) is 12.8 Å². The summed E-state index contributed by atoms with van der Waals surface area (Å²) in [6.45, 7) is 2.61. The second-order valence-corrected chi connectivity index (χ2v) is 6.08. The Bertz CT molecular complexity index is 715. The summed E-state index contributed by atoms with van der Waals surface area (Å²) in [5, 5.41) is 14.5. The number of rotatable bonds is 6. The van der Waals surface area contributed by atoms with Crippen molar-refractivity contribution < 1.29 is 9.72 Å². The van der Waals surface area contributed by atoms with Gasteiger partial charge in [-0.15, -0.1) is 0 Å². The highest BCUT2D eigenvalue weighted by molar-refractivity contribution is 7.80. The van der Waals surface area contributed by atoms with E-state index in [4.69, 9.17) is 12.2 Å². The van der Waals surface area contributed by atoms with E-state index >= 15 is 0 Å². The van der Waals surface area contributed by atoms with Gasteiger partial charge in [-0.25, -0.2) is 0 Å². The first-order valence-corrected chi connectivity index (χ1v) is 8.06. The number of hydrogen-bond acceptors (Lipinski definition) is 5. The highest BCUT2D eigenvalue weighted by Crippen LogP contribution is 2.28. The normalized spacial score (nSPS) is 15.8. The Balaban J connectivity index is 2.31. The average Bonchev–Trinajstić information content (AvgIpc) is 2.79. The van der Waals surface area contributed by atoms with Crippen LogP contribution in [0.4, 0.5) is 11.4 Å². The largest absolute Gasteiger partial charge is 0.372 e. The summed E-state index contributed by atoms with van der Waals surface area (Å²) in [6.07, 6.45) is 3.42. The predicted octanol–water partition coefficient (Wildman–Crippen LogP) is 2.52. The standard InChI is InChI=1S/C16H20N4O3S/c1-4-5-8-19-15(21)12(17-16(19)24)9-11-6-7-13(18(2)3)14(10-11)20(22)23/h6-7,9-10H,4-5,8H2,1-3H3,(H,17,24)/b12-9-. The van der Waals surface area contributed by atoms with Gasteiger partial charge >= 0.3 is 0 Å². The lowest BCUT2D eigenvalue weighted by Gasteiger charge is -2.13. The van der Waals surface area contributed by atoms with Gasteiger partial charge in [-0.05, 0) is 36.3 Å². The molecule has 0 unspecified atom stereocenters. The number of amides is 1. The van der Waals surface area contributed by atoms with Crippen LogP contribution in [0.3, 0.4) is 0 Å². The Kier molecular flexibility index (Phi) is 5.50. The van der Waals surface area contributed by atoms with Gasteiger partial charge in [0, 0.05) is 26.7 Å². The molecule has 1 aliphatic heterocycles. The number of carbonyl (C=O) groups is 1. The summed E-state index contributed by atoms with van der Waals surface area (Å²) in [5.41, 5.74) is 1.41. The molecule has 1 amide bonds. The van der Waals surface area contributed by atoms with Crippen LogP contribution in [-0.4, -0.2) is 41.5 Å². The Labute approximate surface area is 146 Å². The molecule has 0 bridgehead atoms. The molecule has 0 aromatic heterocycles. The van der Waals surface area contributed by atoms with Crippen molar-refractivity contribution in [1.82, 2.24) is 10.2 Å². The van der Waals surface area contributed by atoms with E-state index in [1.165, 1.54) is 11.0 Å². The number of nitro benzene ring substituents is 1. The van der Waals surface area contributed by atoms with Gasteiger partial charge in [0.25, 0.3) is 11.6 Å². The van der Waals surface area contributed by atoms with Crippen molar-refractivity contribution in [2.45, 2.75) is 19.8 Å². The zero-order valence-corrected chi connectivity index (χ0v) is 14.7. The van der Waals surface area contributed by atoms with Crippen LogP contribution >= 0.6 is 12.2 Å². The summed E-state index contributed by atoms with van der Waals surface area (Å²) in [5.74, 6) is -0.201. The topological polar surface area (TPSA) is 78.7 Å². The molecule has 1 aliphatic rings. The van der Waals surface area contributed by atoms with Crippen molar-refractivity contribution in [3.63, 3.8) is 0 Å². The van der Waals surface area contributed by atoms with Crippen molar-refractivity contribution in [1.29, 1.82) is 0 Å². The monoisotopic (exact) mass is 348 g/mol. The minimum Gasteiger partial charge on any atom is -0.372 e. The maximum Gasteiger partial charge on any atom is 0.293 e. The maximum atomic E-state index is 12.4. The number of hydrogen-bond donors (Lipinski definition) is 1. The van der Waals surface area contributed by atoms with Gasteiger partial charge in [0.15, 0.2) is 5.11 Å². The molecule has 1 heterocycles. The summed E-state index contributed by atoms with van der Waals surface area (Å²) in [7, 11) is 3.49. The molecule has 7 nitrogen and oxygen atoms in total. The first-order chi connectivity index (χ1) is 11.3. The summed E-state index contributed by atoms with van der Waals surface area (Å²) in [6, 6.07) is 4.86. The second-order valence-electron chi connectivity index (χ2n) is 5.70. The van der Waals surface area contributed by atoms with E-state index in [0.29, 0.717) is 28.6 Å². The predicted molar refractivity (Wildman–Crippen MR) is 97.8 cm³/mol. The maximum absolute atomic E-state index is 12.4. The van der Waals surface area contributed by atoms with Gasteiger partial charge < -0.3 is 10.2 Å². The van der Waals surface area contributed by atoms with E-state index in [-0.39, 0.29) is 11.6 Å². The molecular weight excluding hydrogens is 328 g/mol. The molecule has 8 heteroatoms. The van der Waals surface area contributed by atoms with E-state index < -0.39 is 4.92 Å². The van der Waals surface area contributed by atoms with Crippen molar-refractivity contribution in [2.24, 2.45) is 0 Å². The number of thiocarbonyl (C=S) groups is 1. The third-order valence-electron chi connectivity index (χ3n) is 3.69. The molecule has 0 atom stereocenters. The van der Waals surface area contributed by atoms with Crippen LogP contribution < -0.4 is 10.2 Å². The number of nitrogens with zero attached hydrogens (tertiary/aromatic N) is 3. The van der Waals surface area contributed by atoms with E-state index in [1.54, 1.807) is 37.2 Å². The van der Waals surface area contributed by atoms with Crippen LogP contribution in [0.5, 0.6) is 0 Å². The van der Waals surface area contributed by atoms with Gasteiger partial charge in [0.2, 0.25) is 0 Å². The van der Waals surface area contributed by atoms with Gasteiger partial charge in [0.1, 0.15) is 11.4 Å². The number of benzene rings is 1. The number of nitrogens with one attached hydrogen (secondary N) is 1. The lowest BCUT2D eigenvalue weighted by molar-refractivity contribution is -0.384. The molecule has 24 heavy (non-hydrogen) atoms. The minimum atomic E-state index is -0.431. The number of nitro groups is 1. The van der Waals surface area contributed by atoms with E-state index in [2.05, 4.69) is 5.32 Å². The zero-order chi connectivity index (χ0) is 17.9. The summed E-state index contributed by atoms with van der Waals surface area (Å²) < 4.78 is 0. The third-order valence-corrected chi connectivity index (χ3v) is 4.01. The Morgan fingerprint density at radius 3 is 2.71 bits per heavy atom. The molecule has 1 aromatic carbocycles.